The third-order valence-electron chi connectivity index (χ3n) is 4.69. The van der Waals surface area contributed by atoms with Gasteiger partial charge in [0.25, 0.3) is 0 Å². The van der Waals surface area contributed by atoms with Crippen LogP contribution in [0.1, 0.15) is 47.0 Å². The maximum atomic E-state index is 12.6. The molecule has 0 saturated carbocycles. The largest absolute Gasteiger partial charge is 0.596 e. The number of hydroxylamine groups is 2. The number of rotatable bonds is 8. The van der Waals surface area contributed by atoms with Crippen molar-refractivity contribution in [3.05, 3.63) is 5.21 Å². The lowest BCUT2D eigenvalue weighted by atomic mass is 9.65. The van der Waals surface area contributed by atoms with E-state index >= 15 is 0 Å². The van der Waals surface area contributed by atoms with Crippen molar-refractivity contribution in [1.82, 2.24) is 5.32 Å². The first-order valence-electron chi connectivity index (χ1n) is 7.19. The number of nitrogens with zero attached hydrogens (tertiary/aromatic N) is 1. The lowest BCUT2D eigenvalue weighted by molar-refractivity contribution is -0.969. The Morgan fingerprint density at radius 2 is 2.10 bits per heavy atom. The van der Waals surface area contributed by atoms with Gasteiger partial charge in [0, 0.05) is 12.0 Å². The minimum Gasteiger partial charge on any atom is -0.596 e. The fraction of sp³-hybridized carbons (Fsp3) is 1.00. The number of unbranched alkanes of at least 4 members (excludes halogenated alkanes) is 1. The Kier molecular flexibility index (Phi) is 5.55. The van der Waals surface area contributed by atoms with Gasteiger partial charge in [0.15, 0.2) is 0 Å². The Balaban J connectivity index is 2.88. The molecule has 1 fully saturated rings. The molecule has 0 spiro atoms. The molecule has 120 valence electrons. The zero-order chi connectivity index (χ0) is 15.7. The minimum atomic E-state index is -0.943. The molecule has 5 unspecified atom stereocenters. The summed E-state index contributed by atoms with van der Waals surface area (Å²) in [7, 11) is -0.283. The summed E-state index contributed by atoms with van der Waals surface area (Å²) in [5, 5.41) is 14.9. The highest BCUT2D eigenvalue weighted by Gasteiger charge is 2.63. The van der Waals surface area contributed by atoms with Gasteiger partial charge in [-0.3, -0.25) is 5.32 Å². The van der Waals surface area contributed by atoms with Gasteiger partial charge >= 0.3 is 0 Å². The van der Waals surface area contributed by atoms with Crippen molar-refractivity contribution in [2.75, 3.05) is 13.1 Å². The number of nitrogens with two attached hydrogens (primary N) is 3. The van der Waals surface area contributed by atoms with E-state index in [1.165, 1.54) is 0 Å². The molecule has 0 aromatic heterocycles. The van der Waals surface area contributed by atoms with Crippen molar-refractivity contribution in [2.24, 2.45) is 22.8 Å². The topological polar surface area (TPSA) is 122 Å². The quantitative estimate of drug-likeness (QED) is 0.389. The Hall–Kier alpha value is 0.150. The van der Waals surface area contributed by atoms with Crippen LogP contribution in [0.25, 0.3) is 0 Å². The number of quaternary nitrogens is 1. The monoisotopic (exact) mass is 307 g/mol. The molecule has 1 heterocycles. The first kappa shape index (κ1) is 18.2. The molecule has 0 aromatic rings. The van der Waals surface area contributed by atoms with Crippen LogP contribution in [0.15, 0.2) is 0 Å². The van der Waals surface area contributed by atoms with Gasteiger partial charge < -0.3 is 16.7 Å². The third-order valence-corrected chi connectivity index (χ3v) is 6.22. The summed E-state index contributed by atoms with van der Waals surface area (Å²) in [6.07, 6.45) is 2.53. The predicted molar refractivity (Wildman–Crippen MR) is 82.9 cm³/mol. The maximum Gasteiger partial charge on any atom is 0.149 e. The summed E-state index contributed by atoms with van der Waals surface area (Å²) in [6.45, 7) is 9.08. The maximum absolute atomic E-state index is 12.6. The average Bonchev–Trinajstić information content (AvgIpc) is 2.41. The smallest absolute Gasteiger partial charge is 0.149 e. The minimum absolute atomic E-state index is 0.131. The second-order valence-electron chi connectivity index (χ2n) is 6.25. The molecule has 1 rings (SSSR count). The van der Waals surface area contributed by atoms with E-state index in [-0.39, 0.29) is 20.7 Å². The van der Waals surface area contributed by atoms with E-state index in [0.717, 1.165) is 25.8 Å². The Morgan fingerprint density at radius 1 is 1.50 bits per heavy atom. The van der Waals surface area contributed by atoms with Gasteiger partial charge in [-0.05, 0) is 19.8 Å². The van der Waals surface area contributed by atoms with Crippen LogP contribution in [0.5, 0.6) is 0 Å². The van der Waals surface area contributed by atoms with Gasteiger partial charge in [-0.25, -0.2) is 0 Å². The van der Waals surface area contributed by atoms with Crippen LogP contribution in [-0.4, -0.2) is 28.6 Å². The van der Waals surface area contributed by atoms with Gasteiger partial charge in [0.2, 0.25) is 0 Å². The molecule has 0 radical (unpaired) electrons. The van der Waals surface area contributed by atoms with Crippen LogP contribution in [0.3, 0.4) is 0 Å². The fourth-order valence-electron chi connectivity index (χ4n) is 2.74. The lowest BCUT2D eigenvalue weighted by Crippen LogP contribution is -2.86. The highest BCUT2D eigenvalue weighted by Crippen LogP contribution is 2.52. The fourth-order valence-corrected chi connectivity index (χ4v) is 4.34. The molecule has 5 atom stereocenters. The molecular weight excluding hydrogens is 277 g/mol. The molecule has 0 bridgehead atoms. The van der Waals surface area contributed by atoms with Crippen LogP contribution in [0, 0.1) is 10.6 Å². The van der Waals surface area contributed by atoms with Crippen molar-refractivity contribution in [3.8, 4) is 0 Å². The molecule has 0 amide bonds. The predicted octanol–water partition coefficient (Wildman–Crippen LogP) is 0.849. The van der Waals surface area contributed by atoms with Crippen LogP contribution in [0.2, 0.25) is 0 Å². The summed E-state index contributed by atoms with van der Waals surface area (Å²) in [5.41, 5.74) is 12.0. The lowest BCUT2D eigenvalue weighted by Gasteiger charge is -2.63. The van der Waals surface area contributed by atoms with Crippen molar-refractivity contribution in [2.45, 2.75) is 57.9 Å². The summed E-state index contributed by atoms with van der Waals surface area (Å²) in [6, 6.07) is 0. The van der Waals surface area contributed by atoms with Crippen LogP contribution >= 0.6 is 8.73 Å². The summed E-state index contributed by atoms with van der Waals surface area (Å²) < 4.78 is -0.943. The molecule has 8 heteroatoms. The van der Waals surface area contributed by atoms with Crippen molar-refractivity contribution < 1.29 is 9.52 Å². The Bertz CT molecular complexity index is 342. The van der Waals surface area contributed by atoms with E-state index in [4.69, 9.17) is 17.4 Å². The molecule has 1 aliphatic rings. The second kappa shape index (κ2) is 6.10. The van der Waals surface area contributed by atoms with Crippen LogP contribution in [0.4, 0.5) is 0 Å². The zero-order valence-electron chi connectivity index (χ0n) is 13.0. The van der Waals surface area contributed by atoms with Crippen molar-refractivity contribution >= 4 is 8.73 Å². The summed E-state index contributed by atoms with van der Waals surface area (Å²) >= 11 is 0. The molecule has 20 heavy (non-hydrogen) atoms. The second-order valence-corrected chi connectivity index (χ2v) is 8.19. The standard InChI is InChI=1S/C12H30N5O2P/c1-5-7-8-17(18,19-15)20-11(4,13)12(14)10(3,6-2)9-16-12/h16,20H,5-9,13-15H2,1-4H3. The van der Waals surface area contributed by atoms with Gasteiger partial charge in [0.1, 0.15) is 26.2 Å². The molecule has 7 nitrogen and oxygen atoms in total. The molecule has 0 aromatic carbocycles. The number of nitrogens with one attached hydrogen (secondary N) is 1. The highest BCUT2D eigenvalue weighted by atomic mass is 31.1. The SMILES string of the molecule is CCCC[N+]([O-])(ON)PC(C)(N)C1(N)NCC1(C)CC. The Labute approximate surface area is 123 Å². The van der Waals surface area contributed by atoms with Gasteiger partial charge in [-0.1, -0.05) is 27.2 Å². The van der Waals surface area contributed by atoms with E-state index in [1.807, 2.05) is 6.92 Å². The first-order valence-corrected chi connectivity index (χ1v) is 8.14. The van der Waals surface area contributed by atoms with E-state index in [1.54, 1.807) is 6.92 Å². The van der Waals surface area contributed by atoms with E-state index in [0.29, 0.717) is 0 Å². The van der Waals surface area contributed by atoms with Crippen LogP contribution < -0.4 is 22.7 Å². The van der Waals surface area contributed by atoms with Crippen LogP contribution in [-0.2, 0) is 4.94 Å². The van der Waals surface area contributed by atoms with Crippen molar-refractivity contribution in [1.29, 1.82) is 0 Å². The first-order chi connectivity index (χ1) is 9.10. The van der Waals surface area contributed by atoms with Gasteiger partial charge in [-0.15, -0.1) is 4.94 Å². The number of hydrogen-bond donors (Lipinski definition) is 4. The van der Waals surface area contributed by atoms with Gasteiger partial charge in [-0.2, -0.15) is 10.5 Å². The average molecular weight is 307 g/mol. The molecule has 0 aliphatic carbocycles. The van der Waals surface area contributed by atoms with E-state index in [2.05, 4.69) is 24.1 Å². The molecule has 7 N–H and O–H groups in total. The Morgan fingerprint density at radius 3 is 2.45 bits per heavy atom. The molecular formula is C12H30N5O2P. The summed E-state index contributed by atoms with van der Waals surface area (Å²) in [5.74, 6) is 5.21. The zero-order valence-corrected chi connectivity index (χ0v) is 14.0. The van der Waals surface area contributed by atoms with E-state index < -0.39 is 15.5 Å². The van der Waals surface area contributed by atoms with Crippen molar-refractivity contribution in [3.63, 3.8) is 0 Å². The van der Waals surface area contributed by atoms with E-state index in [9.17, 15) is 5.21 Å². The molecule has 1 saturated heterocycles. The summed E-state index contributed by atoms with van der Waals surface area (Å²) in [4.78, 5) is 4.67. The highest BCUT2D eigenvalue weighted by molar-refractivity contribution is 7.33. The number of hydrogen-bond acceptors (Lipinski definition) is 6. The third kappa shape index (κ3) is 3.00. The normalized spacial score (nSPS) is 36.6. The molecule has 1 aliphatic heterocycles. The van der Waals surface area contributed by atoms with Gasteiger partial charge in [0.05, 0.1) is 0 Å².